The van der Waals surface area contributed by atoms with Crippen molar-refractivity contribution in [2.24, 2.45) is 0 Å². The third-order valence-electron chi connectivity index (χ3n) is 2.87. The zero-order chi connectivity index (χ0) is 12.2. The van der Waals surface area contributed by atoms with Gasteiger partial charge in [0, 0.05) is 8.07 Å². The van der Waals surface area contributed by atoms with E-state index in [9.17, 15) is 5.11 Å². The SMILES string of the molecule is Cc1ccc(C(O)CCC[Si](C)(C)C)cc1. The zero-order valence-electron chi connectivity index (χ0n) is 11.0. The Labute approximate surface area is 101 Å². The lowest BCUT2D eigenvalue weighted by Gasteiger charge is -2.17. The fraction of sp³-hybridized carbons (Fsp3) is 0.571. The maximum absolute atomic E-state index is 10.0. The van der Waals surface area contributed by atoms with Gasteiger partial charge in [0.15, 0.2) is 0 Å². The predicted molar refractivity (Wildman–Crippen MR) is 73.5 cm³/mol. The highest BCUT2D eigenvalue weighted by Crippen LogP contribution is 2.22. The van der Waals surface area contributed by atoms with E-state index in [-0.39, 0.29) is 6.10 Å². The standard InChI is InChI=1S/C14H24OSi/c1-12-7-9-13(10-8-12)14(15)6-5-11-16(2,3)4/h7-10,14-15H,5-6,11H2,1-4H3. The van der Waals surface area contributed by atoms with Crippen molar-refractivity contribution in [3.8, 4) is 0 Å². The summed E-state index contributed by atoms with van der Waals surface area (Å²) in [6, 6.07) is 9.51. The van der Waals surface area contributed by atoms with Crippen molar-refractivity contribution in [2.75, 3.05) is 0 Å². The summed E-state index contributed by atoms with van der Waals surface area (Å²) in [5, 5.41) is 10.0. The fourth-order valence-electron chi connectivity index (χ4n) is 1.78. The minimum atomic E-state index is -0.945. The van der Waals surface area contributed by atoms with Crippen LogP contribution in [0.1, 0.15) is 30.1 Å². The first-order chi connectivity index (χ1) is 7.38. The van der Waals surface area contributed by atoms with Crippen LogP contribution in [0.5, 0.6) is 0 Å². The second-order valence-electron chi connectivity index (χ2n) is 5.88. The number of aliphatic hydroxyl groups is 1. The van der Waals surface area contributed by atoms with Gasteiger partial charge in [0.05, 0.1) is 6.10 Å². The molecule has 90 valence electrons. The number of aryl methyl sites for hydroxylation is 1. The predicted octanol–water partition coefficient (Wildman–Crippen LogP) is 4.15. The molecule has 0 aliphatic carbocycles. The third-order valence-corrected chi connectivity index (χ3v) is 4.72. The van der Waals surface area contributed by atoms with Crippen molar-refractivity contribution in [3.05, 3.63) is 35.4 Å². The van der Waals surface area contributed by atoms with Crippen LogP contribution in [0.3, 0.4) is 0 Å². The van der Waals surface area contributed by atoms with Crippen molar-refractivity contribution in [1.29, 1.82) is 0 Å². The molecule has 1 atom stereocenters. The highest BCUT2D eigenvalue weighted by molar-refractivity contribution is 6.76. The molecule has 0 fully saturated rings. The highest BCUT2D eigenvalue weighted by Gasteiger charge is 2.14. The van der Waals surface area contributed by atoms with Gasteiger partial charge in [-0.1, -0.05) is 61.9 Å². The maximum Gasteiger partial charge on any atom is 0.0790 e. The molecule has 1 aromatic rings. The summed E-state index contributed by atoms with van der Waals surface area (Å²) in [7, 11) is -0.945. The lowest BCUT2D eigenvalue weighted by atomic mass is 10.0. The number of rotatable bonds is 5. The minimum absolute atomic E-state index is 0.281. The Hall–Kier alpha value is -0.603. The molecule has 0 aliphatic heterocycles. The van der Waals surface area contributed by atoms with Gasteiger partial charge in [-0.15, -0.1) is 0 Å². The molecule has 1 N–H and O–H groups in total. The second kappa shape index (κ2) is 5.64. The van der Waals surface area contributed by atoms with Crippen LogP contribution in [-0.2, 0) is 0 Å². The Morgan fingerprint density at radius 3 is 2.19 bits per heavy atom. The average molecular weight is 236 g/mol. The van der Waals surface area contributed by atoms with Crippen molar-refractivity contribution in [1.82, 2.24) is 0 Å². The first kappa shape index (κ1) is 13.5. The molecule has 1 nitrogen and oxygen atoms in total. The molecule has 0 saturated heterocycles. The summed E-state index contributed by atoms with van der Waals surface area (Å²) in [5.41, 5.74) is 2.30. The topological polar surface area (TPSA) is 20.2 Å². The lowest BCUT2D eigenvalue weighted by molar-refractivity contribution is 0.166. The van der Waals surface area contributed by atoms with E-state index in [1.54, 1.807) is 0 Å². The average Bonchev–Trinajstić information content (AvgIpc) is 2.16. The van der Waals surface area contributed by atoms with Crippen LogP contribution < -0.4 is 0 Å². The first-order valence-electron chi connectivity index (χ1n) is 6.13. The largest absolute Gasteiger partial charge is 0.388 e. The summed E-state index contributed by atoms with van der Waals surface area (Å²) in [5.74, 6) is 0. The molecule has 0 saturated carbocycles. The molecule has 2 heteroatoms. The van der Waals surface area contributed by atoms with Crippen LogP contribution in [0.2, 0.25) is 25.7 Å². The normalized spacial score (nSPS) is 13.8. The van der Waals surface area contributed by atoms with Crippen LogP contribution >= 0.6 is 0 Å². The molecule has 1 aromatic carbocycles. The molecular weight excluding hydrogens is 212 g/mol. The van der Waals surface area contributed by atoms with Crippen molar-refractivity contribution < 1.29 is 5.11 Å². The summed E-state index contributed by atoms with van der Waals surface area (Å²) in [4.78, 5) is 0. The van der Waals surface area contributed by atoms with Crippen LogP contribution in [0.25, 0.3) is 0 Å². The summed E-state index contributed by atoms with van der Waals surface area (Å²) < 4.78 is 0. The van der Waals surface area contributed by atoms with Gasteiger partial charge in [0.25, 0.3) is 0 Å². The van der Waals surface area contributed by atoms with Crippen LogP contribution in [0.4, 0.5) is 0 Å². The summed E-state index contributed by atoms with van der Waals surface area (Å²) in [6.07, 6.45) is 1.76. The molecular formula is C14H24OSi. The van der Waals surface area contributed by atoms with Gasteiger partial charge in [-0.3, -0.25) is 0 Å². The molecule has 0 aromatic heterocycles. The monoisotopic (exact) mass is 236 g/mol. The van der Waals surface area contributed by atoms with Crippen molar-refractivity contribution in [3.63, 3.8) is 0 Å². The summed E-state index contributed by atoms with van der Waals surface area (Å²) in [6.45, 7) is 9.21. The molecule has 16 heavy (non-hydrogen) atoms. The van der Waals surface area contributed by atoms with E-state index < -0.39 is 8.07 Å². The quantitative estimate of drug-likeness (QED) is 0.762. The number of benzene rings is 1. The first-order valence-corrected chi connectivity index (χ1v) is 9.84. The van der Waals surface area contributed by atoms with Gasteiger partial charge in [-0.25, -0.2) is 0 Å². The van der Waals surface area contributed by atoms with E-state index in [0.29, 0.717) is 0 Å². The van der Waals surface area contributed by atoms with Gasteiger partial charge in [0.1, 0.15) is 0 Å². The number of hydrogen-bond acceptors (Lipinski definition) is 1. The Morgan fingerprint density at radius 2 is 1.69 bits per heavy atom. The molecule has 0 spiro atoms. The fourth-order valence-corrected chi connectivity index (χ4v) is 3.05. The van der Waals surface area contributed by atoms with Crippen LogP contribution in [0, 0.1) is 6.92 Å². The Kier molecular flexibility index (Phi) is 4.75. The third kappa shape index (κ3) is 4.95. The van der Waals surface area contributed by atoms with E-state index in [1.807, 2.05) is 12.1 Å². The molecule has 0 heterocycles. The Bertz CT molecular complexity index is 311. The second-order valence-corrected chi connectivity index (χ2v) is 11.5. The van der Waals surface area contributed by atoms with Crippen molar-refractivity contribution in [2.45, 2.75) is 51.6 Å². The van der Waals surface area contributed by atoms with Gasteiger partial charge in [0.2, 0.25) is 0 Å². The van der Waals surface area contributed by atoms with Gasteiger partial charge < -0.3 is 5.11 Å². The molecule has 0 amide bonds. The molecule has 0 aliphatic rings. The maximum atomic E-state index is 10.0. The van der Waals surface area contributed by atoms with Gasteiger partial charge in [-0.2, -0.15) is 0 Å². The van der Waals surface area contributed by atoms with E-state index in [0.717, 1.165) is 18.4 Å². The van der Waals surface area contributed by atoms with Gasteiger partial charge >= 0.3 is 0 Å². The van der Waals surface area contributed by atoms with E-state index in [4.69, 9.17) is 0 Å². The number of hydrogen-bond donors (Lipinski definition) is 1. The van der Waals surface area contributed by atoms with Crippen molar-refractivity contribution >= 4 is 8.07 Å². The van der Waals surface area contributed by atoms with E-state index >= 15 is 0 Å². The van der Waals surface area contributed by atoms with Crippen LogP contribution in [0.15, 0.2) is 24.3 Å². The Balaban J connectivity index is 2.41. The molecule has 0 radical (unpaired) electrons. The van der Waals surface area contributed by atoms with Gasteiger partial charge in [-0.05, 0) is 18.9 Å². The Morgan fingerprint density at radius 1 is 1.12 bits per heavy atom. The highest BCUT2D eigenvalue weighted by atomic mass is 28.3. The van der Waals surface area contributed by atoms with E-state index in [1.165, 1.54) is 11.6 Å². The van der Waals surface area contributed by atoms with Crippen LogP contribution in [-0.4, -0.2) is 13.2 Å². The summed E-state index contributed by atoms with van der Waals surface area (Å²) >= 11 is 0. The zero-order valence-corrected chi connectivity index (χ0v) is 12.0. The lowest BCUT2D eigenvalue weighted by Crippen LogP contribution is -2.19. The molecule has 1 rings (SSSR count). The molecule has 1 unspecified atom stereocenters. The number of aliphatic hydroxyl groups excluding tert-OH is 1. The molecule has 0 bridgehead atoms. The van der Waals surface area contributed by atoms with E-state index in [2.05, 4.69) is 38.7 Å². The minimum Gasteiger partial charge on any atom is -0.388 e. The smallest absolute Gasteiger partial charge is 0.0790 e.